The Balaban J connectivity index is 0.00000161. The molecule has 1 spiro atoms. The molecule has 2 fully saturated rings. The van der Waals surface area contributed by atoms with Gasteiger partial charge in [0, 0.05) is 19.5 Å². The number of nitrogens with zero attached hydrogens (tertiary/aromatic N) is 1. The molecule has 1 aromatic carbocycles. The summed E-state index contributed by atoms with van der Waals surface area (Å²) in [6, 6.07) is 6.37. The fraction of sp³-hybridized carbons (Fsp3) is 0.562. The number of piperidine rings is 1. The van der Waals surface area contributed by atoms with Gasteiger partial charge in [0.25, 0.3) is 0 Å². The second-order valence-corrected chi connectivity index (χ2v) is 6.19. The molecule has 0 aromatic heterocycles. The number of carbonyl (C=O) groups excluding carboxylic acids is 1. The zero-order valence-corrected chi connectivity index (χ0v) is 13.1. The van der Waals surface area contributed by atoms with Gasteiger partial charge in [0.1, 0.15) is 5.82 Å². The Morgan fingerprint density at radius 2 is 1.95 bits per heavy atom. The molecule has 1 N–H and O–H groups in total. The summed E-state index contributed by atoms with van der Waals surface area (Å²) in [5.74, 6) is 0.213. The van der Waals surface area contributed by atoms with Crippen molar-refractivity contribution in [3.05, 3.63) is 35.6 Å². The van der Waals surface area contributed by atoms with Crippen LogP contribution < -0.4 is 5.32 Å². The fourth-order valence-corrected chi connectivity index (χ4v) is 3.38. The van der Waals surface area contributed by atoms with Crippen molar-refractivity contribution >= 4 is 18.3 Å². The van der Waals surface area contributed by atoms with Crippen LogP contribution in [0.15, 0.2) is 24.3 Å². The first-order valence-corrected chi connectivity index (χ1v) is 7.31. The highest BCUT2D eigenvalue weighted by molar-refractivity contribution is 5.85. The van der Waals surface area contributed by atoms with Crippen LogP contribution in [0.4, 0.5) is 4.39 Å². The molecule has 1 heterocycles. The highest BCUT2D eigenvalue weighted by atomic mass is 35.5. The van der Waals surface area contributed by atoms with Gasteiger partial charge in [-0.2, -0.15) is 0 Å². The van der Waals surface area contributed by atoms with Crippen LogP contribution in [-0.4, -0.2) is 30.9 Å². The van der Waals surface area contributed by atoms with Crippen molar-refractivity contribution in [3.63, 3.8) is 0 Å². The topological polar surface area (TPSA) is 32.3 Å². The van der Waals surface area contributed by atoms with Gasteiger partial charge in [-0.1, -0.05) is 12.1 Å². The predicted octanol–water partition coefficient (Wildman–Crippen LogP) is 2.60. The van der Waals surface area contributed by atoms with Crippen LogP contribution in [-0.2, 0) is 11.3 Å². The predicted molar refractivity (Wildman–Crippen MR) is 82.8 cm³/mol. The Bertz CT molecular complexity index is 500. The van der Waals surface area contributed by atoms with Gasteiger partial charge in [-0.05, 0) is 55.5 Å². The first kappa shape index (κ1) is 16.2. The highest BCUT2D eigenvalue weighted by Crippen LogP contribution is 2.59. The maximum Gasteiger partial charge on any atom is 0.226 e. The summed E-state index contributed by atoms with van der Waals surface area (Å²) in [7, 11) is 1.85. The molecule has 1 aromatic rings. The van der Waals surface area contributed by atoms with E-state index in [-0.39, 0.29) is 35.5 Å². The summed E-state index contributed by atoms with van der Waals surface area (Å²) in [4.78, 5) is 14.3. The molecule has 0 bridgehead atoms. The van der Waals surface area contributed by atoms with Gasteiger partial charge in [-0.15, -0.1) is 12.4 Å². The third kappa shape index (κ3) is 3.38. The average Bonchev–Trinajstić information content (AvgIpc) is 3.14. The molecule has 1 aliphatic carbocycles. The van der Waals surface area contributed by atoms with Gasteiger partial charge in [0.2, 0.25) is 5.91 Å². The van der Waals surface area contributed by atoms with E-state index in [1.54, 1.807) is 17.0 Å². The van der Waals surface area contributed by atoms with Crippen LogP contribution in [0.5, 0.6) is 0 Å². The monoisotopic (exact) mass is 312 g/mol. The molecule has 2 aliphatic rings. The summed E-state index contributed by atoms with van der Waals surface area (Å²) < 4.78 is 12.9. The lowest BCUT2D eigenvalue weighted by Crippen LogP contribution is -2.34. The molecule has 0 radical (unpaired) electrons. The van der Waals surface area contributed by atoms with Gasteiger partial charge >= 0.3 is 0 Å². The SMILES string of the molecule is CN(Cc1ccc(F)cc1)C(=O)C1CC12CCNCC2.Cl. The Kier molecular flexibility index (Phi) is 4.89. The summed E-state index contributed by atoms with van der Waals surface area (Å²) in [5, 5.41) is 3.35. The number of halogens is 2. The van der Waals surface area contributed by atoms with Crippen molar-refractivity contribution in [2.24, 2.45) is 11.3 Å². The van der Waals surface area contributed by atoms with Crippen molar-refractivity contribution in [3.8, 4) is 0 Å². The Hall–Kier alpha value is -1.13. The zero-order chi connectivity index (χ0) is 14.2. The van der Waals surface area contributed by atoms with Crippen molar-refractivity contribution in [2.45, 2.75) is 25.8 Å². The summed E-state index contributed by atoms with van der Waals surface area (Å²) in [6.45, 7) is 2.63. The van der Waals surface area contributed by atoms with Crippen molar-refractivity contribution in [2.75, 3.05) is 20.1 Å². The summed E-state index contributed by atoms with van der Waals surface area (Å²) in [6.07, 6.45) is 3.28. The number of hydrogen-bond donors (Lipinski definition) is 1. The molecule has 1 amide bonds. The van der Waals surface area contributed by atoms with Crippen molar-refractivity contribution < 1.29 is 9.18 Å². The molecular formula is C16H22ClFN2O. The van der Waals surface area contributed by atoms with E-state index >= 15 is 0 Å². The Morgan fingerprint density at radius 3 is 2.57 bits per heavy atom. The summed E-state index contributed by atoms with van der Waals surface area (Å²) >= 11 is 0. The van der Waals surface area contributed by atoms with E-state index in [0.717, 1.165) is 37.9 Å². The van der Waals surface area contributed by atoms with E-state index in [1.165, 1.54) is 12.1 Å². The molecule has 1 saturated heterocycles. The number of amides is 1. The average molecular weight is 313 g/mol. The molecular weight excluding hydrogens is 291 g/mol. The van der Waals surface area contributed by atoms with Gasteiger partial charge in [-0.3, -0.25) is 4.79 Å². The number of nitrogens with one attached hydrogen (secondary N) is 1. The third-order valence-corrected chi connectivity index (χ3v) is 4.80. The van der Waals surface area contributed by atoms with Gasteiger partial charge in [-0.25, -0.2) is 4.39 Å². The second kappa shape index (κ2) is 6.32. The van der Waals surface area contributed by atoms with E-state index in [2.05, 4.69) is 5.32 Å². The highest BCUT2D eigenvalue weighted by Gasteiger charge is 2.58. The molecule has 116 valence electrons. The van der Waals surface area contributed by atoms with Gasteiger partial charge in [0.15, 0.2) is 0 Å². The standard InChI is InChI=1S/C16H21FN2O.ClH/c1-19(11-12-2-4-13(17)5-3-12)15(20)14-10-16(14)6-8-18-9-7-16;/h2-5,14,18H,6-11H2,1H3;1H. The molecule has 1 unspecified atom stereocenters. The zero-order valence-electron chi connectivity index (χ0n) is 12.3. The lowest BCUT2D eigenvalue weighted by molar-refractivity contribution is -0.132. The maximum atomic E-state index is 12.9. The first-order valence-electron chi connectivity index (χ1n) is 7.31. The van der Waals surface area contributed by atoms with E-state index in [9.17, 15) is 9.18 Å². The summed E-state index contributed by atoms with van der Waals surface area (Å²) in [5.41, 5.74) is 1.25. The second-order valence-electron chi connectivity index (χ2n) is 6.19. The minimum Gasteiger partial charge on any atom is -0.341 e. The van der Waals surface area contributed by atoms with Crippen molar-refractivity contribution in [1.82, 2.24) is 10.2 Å². The van der Waals surface area contributed by atoms with E-state index in [0.29, 0.717) is 6.54 Å². The van der Waals surface area contributed by atoms with Gasteiger partial charge < -0.3 is 10.2 Å². The Labute approximate surface area is 131 Å². The molecule has 21 heavy (non-hydrogen) atoms. The van der Waals surface area contributed by atoms with Crippen LogP contribution in [0, 0.1) is 17.2 Å². The first-order chi connectivity index (χ1) is 9.61. The lowest BCUT2D eigenvalue weighted by atomic mass is 9.91. The van der Waals surface area contributed by atoms with E-state index in [1.807, 2.05) is 7.05 Å². The number of benzene rings is 1. The number of hydrogen-bond acceptors (Lipinski definition) is 2. The Morgan fingerprint density at radius 1 is 1.33 bits per heavy atom. The third-order valence-electron chi connectivity index (χ3n) is 4.80. The quantitative estimate of drug-likeness (QED) is 0.930. The smallest absolute Gasteiger partial charge is 0.226 e. The fourth-order valence-electron chi connectivity index (χ4n) is 3.38. The largest absolute Gasteiger partial charge is 0.341 e. The van der Waals surface area contributed by atoms with Crippen LogP contribution in [0.25, 0.3) is 0 Å². The molecule has 1 saturated carbocycles. The molecule has 1 atom stereocenters. The molecule has 5 heteroatoms. The van der Waals surface area contributed by atoms with Crippen molar-refractivity contribution in [1.29, 1.82) is 0 Å². The van der Waals surface area contributed by atoms with Crippen LogP contribution in [0.3, 0.4) is 0 Å². The molecule has 3 nitrogen and oxygen atoms in total. The van der Waals surface area contributed by atoms with Crippen LogP contribution >= 0.6 is 12.4 Å². The maximum absolute atomic E-state index is 12.9. The molecule has 3 rings (SSSR count). The molecule has 1 aliphatic heterocycles. The van der Waals surface area contributed by atoms with E-state index < -0.39 is 0 Å². The van der Waals surface area contributed by atoms with Crippen LogP contribution in [0.2, 0.25) is 0 Å². The normalized spacial score (nSPS) is 22.5. The minimum atomic E-state index is -0.237. The lowest BCUT2D eigenvalue weighted by Gasteiger charge is -2.25. The van der Waals surface area contributed by atoms with Crippen LogP contribution in [0.1, 0.15) is 24.8 Å². The number of carbonyl (C=O) groups is 1. The minimum absolute atomic E-state index is 0. The number of rotatable bonds is 3. The van der Waals surface area contributed by atoms with E-state index in [4.69, 9.17) is 0 Å². The van der Waals surface area contributed by atoms with Gasteiger partial charge in [0.05, 0.1) is 0 Å².